The summed E-state index contributed by atoms with van der Waals surface area (Å²) >= 11 is 4.35. The van der Waals surface area contributed by atoms with Crippen LogP contribution >= 0.6 is 34.4 Å². The normalized spacial score (nSPS) is 11.0. The Morgan fingerprint density at radius 1 is 1.29 bits per heavy atom. The zero-order valence-electron chi connectivity index (χ0n) is 17.0. The van der Waals surface area contributed by atoms with E-state index < -0.39 is 0 Å². The van der Waals surface area contributed by atoms with Gasteiger partial charge in [-0.3, -0.25) is 14.2 Å². The topological polar surface area (TPSA) is 55.2 Å². The third-order valence-corrected chi connectivity index (χ3v) is 7.57. The van der Waals surface area contributed by atoms with Crippen molar-refractivity contribution in [1.29, 1.82) is 0 Å². The van der Waals surface area contributed by atoms with E-state index in [-0.39, 0.29) is 17.2 Å². The van der Waals surface area contributed by atoms with Crippen molar-refractivity contribution >= 4 is 50.6 Å². The number of amides is 1. The molecule has 0 unspecified atom stereocenters. The smallest absolute Gasteiger partial charge is 0.272 e. The van der Waals surface area contributed by atoms with Crippen LogP contribution in [0.3, 0.4) is 0 Å². The molecule has 0 radical (unpaired) electrons. The molecular formula is C23H21N3O2S3. The largest absolute Gasteiger partial charge is 0.341 e. The quantitative estimate of drug-likeness (QED) is 0.205. The van der Waals surface area contributed by atoms with Gasteiger partial charge in [-0.15, -0.1) is 17.9 Å². The number of carbonyl (C=O) groups is 1. The van der Waals surface area contributed by atoms with Crippen molar-refractivity contribution in [3.05, 3.63) is 81.8 Å². The molecule has 31 heavy (non-hydrogen) atoms. The molecule has 0 bridgehead atoms. The number of fused-ring (bicyclic) bond motifs is 1. The summed E-state index contributed by atoms with van der Waals surface area (Å²) in [6.45, 7) is 4.69. The molecule has 0 saturated heterocycles. The lowest BCUT2D eigenvalue weighted by Gasteiger charge is -2.16. The van der Waals surface area contributed by atoms with Gasteiger partial charge < -0.3 is 4.90 Å². The van der Waals surface area contributed by atoms with Crippen LogP contribution in [0.4, 0.5) is 0 Å². The lowest BCUT2D eigenvalue weighted by atomic mass is 10.2. The number of nitrogens with zero attached hydrogens (tertiary/aromatic N) is 3. The van der Waals surface area contributed by atoms with E-state index >= 15 is 0 Å². The molecule has 0 aliphatic carbocycles. The van der Waals surface area contributed by atoms with Gasteiger partial charge in [-0.1, -0.05) is 48.2 Å². The fraction of sp³-hybridized carbons (Fsp3) is 0.174. The number of hydrogen-bond acceptors (Lipinski definition) is 6. The van der Waals surface area contributed by atoms with Crippen molar-refractivity contribution in [2.24, 2.45) is 0 Å². The summed E-state index contributed by atoms with van der Waals surface area (Å²) in [5.74, 6) is 0.205. The van der Waals surface area contributed by atoms with E-state index in [9.17, 15) is 9.59 Å². The van der Waals surface area contributed by atoms with Crippen LogP contribution in [0.2, 0.25) is 0 Å². The van der Waals surface area contributed by atoms with Crippen LogP contribution in [0, 0.1) is 0 Å². The molecule has 8 heteroatoms. The van der Waals surface area contributed by atoms with Crippen molar-refractivity contribution in [2.45, 2.75) is 18.2 Å². The minimum atomic E-state index is -0.0985. The summed E-state index contributed by atoms with van der Waals surface area (Å²) in [7, 11) is 1.79. The maximum atomic E-state index is 13.2. The molecule has 158 valence electrons. The second-order valence-electron chi connectivity index (χ2n) is 6.96. The van der Waals surface area contributed by atoms with Gasteiger partial charge in [-0.05, 0) is 34.0 Å². The van der Waals surface area contributed by atoms with Crippen LogP contribution in [0.5, 0.6) is 0 Å². The van der Waals surface area contributed by atoms with Gasteiger partial charge in [0.2, 0.25) is 5.91 Å². The van der Waals surface area contributed by atoms with Crippen molar-refractivity contribution < 1.29 is 4.79 Å². The van der Waals surface area contributed by atoms with Crippen LogP contribution in [-0.4, -0.2) is 33.2 Å². The summed E-state index contributed by atoms with van der Waals surface area (Å²) in [5.41, 5.74) is 2.73. The molecule has 3 heterocycles. The van der Waals surface area contributed by atoms with Gasteiger partial charge in [0.05, 0.1) is 11.3 Å². The van der Waals surface area contributed by atoms with Crippen molar-refractivity contribution in [1.82, 2.24) is 14.5 Å². The Morgan fingerprint density at radius 3 is 2.81 bits per heavy atom. The first kappa shape index (κ1) is 21.5. The number of carbonyl (C=O) groups excluding carboxylic acids is 1. The highest BCUT2D eigenvalue weighted by atomic mass is 32.2. The predicted octanol–water partition coefficient (Wildman–Crippen LogP) is 5.12. The summed E-state index contributed by atoms with van der Waals surface area (Å²) in [4.78, 5) is 33.2. The SMILES string of the molecule is C=CCn1c(SCC(=O)N(C)Cc2ccsc2)nc2cc(-c3ccccc3)sc2c1=O. The Kier molecular flexibility index (Phi) is 6.70. The predicted molar refractivity (Wildman–Crippen MR) is 131 cm³/mol. The van der Waals surface area contributed by atoms with Crippen LogP contribution in [0.15, 0.2) is 75.8 Å². The molecule has 0 fully saturated rings. The fourth-order valence-electron chi connectivity index (χ4n) is 3.12. The summed E-state index contributed by atoms with van der Waals surface area (Å²) in [5, 5.41) is 4.57. The standard InChI is InChI=1S/C23H21N3O2S3/c1-3-10-26-22(28)21-18(12-19(31-21)17-7-5-4-6-8-17)24-23(26)30-15-20(27)25(2)13-16-9-11-29-14-16/h3-9,11-12,14H,1,10,13,15H2,2H3. The van der Waals surface area contributed by atoms with E-state index in [4.69, 9.17) is 4.98 Å². The number of benzene rings is 1. The van der Waals surface area contributed by atoms with Gasteiger partial charge in [0, 0.05) is 25.0 Å². The zero-order valence-corrected chi connectivity index (χ0v) is 19.4. The summed E-state index contributed by atoms with van der Waals surface area (Å²) in [6, 6.07) is 13.9. The molecule has 3 aromatic heterocycles. The molecular weight excluding hydrogens is 446 g/mol. The van der Waals surface area contributed by atoms with Crippen molar-refractivity contribution in [3.63, 3.8) is 0 Å². The molecule has 0 saturated carbocycles. The number of thioether (sulfide) groups is 1. The van der Waals surface area contributed by atoms with Crippen LogP contribution < -0.4 is 5.56 Å². The Labute approximate surface area is 192 Å². The van der Waals surface area contributed by atoms with Gasteiger partial charge >= 0.3 is 0 Å². The summed E-state index contributed by atoms with van der Waals surface area (Å²) in [6.07, 6.45) is 1.68. The molecule has 0 atom stereocenters. The third-order valence-electron chi connectivity index (χ3n) is 4.72. The lowest BCUT2D eigenvalue weighted by Crippen LogP contribution is -2.28. The highest BCUT2D eigenvalue weighted by Gasteiger charge is 2.17. The molecule has 4 rings (SSSR count). The second-order valence-corrected chi connectivity index (χ2v) is 9.73. The van der Waals surface area contributed by atoms with Gasteiger partial charge in [-0.2, -0.15) is 11.3 Å². The van der Waals surface area contributed by atoms with Crippen molar-refractivity contribution in [3.8, 4) is 10.4 Å². The molecule has 5 nitrogen and oxygen atoms in total. The van der Waals surface area contributed by atoms with Crippen LogP contribution in [0.25, 0.3) is 20.7 Å². The molecule has 0 aliphatic heterocycles. The van der Waals surface area contributed by atoms with E-state index in [1.807, 2.05) is 53.2 Å². The second kappa shape index (κ2) is 9.64. The van der Waals surface area contributed by atoms with Crippen LogP contribution in [-0.2, 0) is 17.9 Å². The van der Waals surface area contributed by atoms with Gasteiger partial charge in [0.15, 0.2) is 5.16 Å². The Bertz CT molecular complexity index is 1260. The lowest BCUT2D eigenvalue weighted by molar-refractivity contribution is -0.127. The van der Waals surface area contributed by atoms with Gasteiger partial charge in [-0.25, -0.2) is 4.98 Å². The molecule has 4 aromatic rings. The fourth-order valence-corrected chi connectivity index (χ4v) is 5.78. The molecule has 0 N–H and O–H groups in total. The highest BCUT2D eigenvalue weighted by Crippen LogP contribution is 2.32. The first-order chi connectivity index (χ1) is 15.1. The monoisotopic (exact) mass is 467 g/mol. The maximum Gasteiger partial charge on any atom is 0.272 e. The number of hydrogen-bond donors (Lipinski definition) is 0. The van der Waals surface area contributed by atoms with E-state index in [0.717, 1.165) is 16.0 Å². The Morgan fingerprint density at radius 2 is 2.10 bits per heavy atom. The van der Waals surface area contributed by atoms with Gasteiger partial charge in [0.1, 0.15) is 4.70 Å². The average Bonchev–Trinajstić information content (AvgIpc) is 3.45. The van der Waals surface area contributed by atoms with E-state index in [1.54, 1.807) is 33.9 Å². The Hall–Kier alpha value is -2.68. The van der Waals surface area contributed by atoms with E-state index in [2.05, 4.69) is 6.58 Å². The molecule has 1 aromatic carbocycles. The minimum absolute atomic E-state index is 0.00834. The van der Waals surface area contributed by atoms with Gasteiger partial charge in [0.25, 0.3) is 5.56 Å². The maximum absolute atomic E-state index is 13.2. The number of rotatable bonds is 8. The first-order valence-electron chi connectivity index (χ1n) is 9.65. The minimum Gasteiger partial charge on any atom is -0.341 e. The number of aromatic nitrogens is 2. The number of thiophene rings is 2. The molecule has 0 aliphatic rings. The molecule has 1 amide bonds. The zero-order chi connectivity index (χ0) is 21.8. The summed E-state index contributed by atoms with van der Waals surface area (Å²) < 4.78 is 2.21. The van der Waals surface area contributed by atoms with E-state index in [0.29, 0.717) is 28.5 Å². The Balaban J connectivity index is 1.60. The van der Waals surface area contributed by atoms with Crippen molar-refractivity contribution in [2.75, 3.05) is 12.8 Å². The number of allylic oxidation sites excluding steroid dienone is 1. The van der Waals surface area contributed by atoms with Crippen LogP contribution in [0.1, 0.15) is 5.56 Å². The first-order valence-corrected chi connectivity index (χ1v) is 12.4. The third kappa shape index (κ3) is 4.81. The van der Waals surface area contributed by atoms with E-state index in [1.165, 1.54) is 23.1 Å². The average molecular weight is 468 g/mol. The highest BCUT2D eigenvalue weighted by molar-refractivity contribution is 7.99. The molecule has 0 spiro atoms.